The highest BCUT2D eigenvalue weighted by atomic mass is 16.7. The van der Waals surface area contributed by atoms with Gasteiger partial charge in [0.05, 0.1) is 13.2 Å². The van der Waals surface area contributed by atoms with E-state index in [4.69, 9.17) is 18.9 Å². The second-order valence-electron chi connectivity index (χ2n) is 16.2. The van der Waals surface area contributed by atoms with Crippen LogP contribution in [0.2, 0.25) is 0 Å². The van der Waals surface area contributed by atoms with Gasteiger partial charge in [-0.2, -0.15) is 0 Å². The number of ether oxygens (including phenoxy) is 4. The third-order valence-electron chi connectivity index (χ3n) is 11.0. The molecule has 6 unspecified atom stereocenters. The number of aliphatic hydroxyl groups is 4. The fourth-order valence-corrected chi connectivity index (χ4v) is 7.31. The van der Waals surface area contributed by atoms with Gasteiger partial charge in [0.2, 0.25) is 0 Å². The minimum absolute atomic E-state index is 0.209. The lowest BCUT2D eigenvalue weighted by molar-refractivity contribution is -0.305. The molecule has 1 rings (SSSR count). The lowest BCUT2D eigenvalue weighted by Crippen LogP contribution is -2.59. The number of carbonyl (C=O) groups is 2. The van der Waals surface area contributed by atoms with E-state index in [0.717, 1.165) is 38.5 Å². The molecule has 1 aliphatic heterocycles. The topological polar surface area (TPSA) is 152 Å². The van der Waals surface area contributed by atoms with E-state index in [1.165, 1.54) is 148 Å². The second kappa shape index (κ2) is 37.0. The Morgan fingerprint density at radius 1 is 0.491 bits per heavy atom. The van der Waals surface area contributed by atoms with Gasteiger partial charge < -0.3 is 39.4 Å². The van der Waals surface area contributed by atoms with Crippen molar-refractivity contribution in [3.05, 3.63) is 0 Å². The zero-order chi connectivity index (χ0) is 40.2. The number of hydrogen-bond acceptors (Lipinski definition) is 10. The van der Waals surface area contributed by atoms with Crippen LogP contribution in [0.4, 0.5) is 0 Å². The first kappa shape index (κ1) is 51.7. The molecule has 1 aliphatic rings. The summed E-state index contributed by atoms with van der Waals surface area (Å²) < 4.78 is 22.1. The van der Waals surface area contributed by atoms with Crippen LogP contribution in [0.3, 0.4) is 0 Å². The predicted octanol–water partition coefficient (Wildman–Crippen LogP) is 9.78. The zero-order valence-corrected chi connectivity index (χ0v) is 35.5. The minimum Gasteiger partial charge on any atom is -0.462 e. The Bertz CT molecular complexity index is 871. The SMILES string of the molecule is CCCCCCCCCCCCCCCCCCCCCCC(=O)OC(COC(=O)CCCCCCCCCCCC)COC1OC(CO)C(O)C(O)C1O. The van der Waals surface area contributed by atoms with Crippen molar-refractivity contribution in [2.24, 2.45) is 0 Å². The van der Waals surface area contributed by atoms with Crippen molar-refractivity contribution in [2.75, 3.05) is 19.8 Å². The summed E-state index contributed by atoms with van der Waals surface area (Å²) in [5.41, 5.74) is 0. The van der Waals surface area contributed by atoms with Crippen LogP contribution in [0.15, 0.2) is 0 Å². The van der Waals surface area contributed by atoms with E-state index < -0.39 is 49.4 Å². The van der Waals surface area contributed by atoms with Crippen LogP contribution in [0.25, 0.3) is 0 Å². The molecule has 0 saturated carbocycles. The van der Waals surface area contributed by atoms with Gasteiger partial charge in [-0.05, 0) is 12.8 Å². The fraction of sp³-hybridized carbons (Fsp3) is 0.956. The van der Waals surface area contributed by atoms with E-state index >= 15 is 0 Å². The van der Waals surface area contributed by atoms with Crippen LogP contribution >= 0.6 is 0 Å². The molecule has 55 heavy (non-hydrogen) atoms. The number of rotatable bonds is 39. The summed E-state index contributed by atoms with van der Waals surface area (Å²) in [6.07, 6.45) is 29.8. The van der Waals surface area contributed by atoms with Gasteiger partial charge >= 0.3 is 11.9 Å². The lowest BCUT2D eigenvalue weighted by Gasteiger charge is -2.39. The molecule has 0 bridgehead atoms. The fourth-order valence-electron chi connectivity index (χ4n) is 7.31. The monoisotopic (exact) mass is 787 g/mol. The Hall–Kier alpha value is -1.30. The molecule has 0 aliphatic carbocycles. The normalized spacial score (nSPS) is 20.4. The van der Waals surface area contributed by atoms with E-state index in [0.29, 0.717) is 6.42 Å². The summed E-state index contributed by atoms with van der Waals surface area (Å²) >= 11 is 0. The maximum absolute atomic E-state index is 12.8. The van der Waals surface area contributed by atoms with Crippen LogP contribution in [-0.2, 0) is 28.5 Å². The highest BCUT2D eigenvalue weighted by Gasteiger charge is 2.44. The first-order chi connectivity index (χ1) is 26.8. The van der Waals surface area contributed by atoms with E-state index in [1.54, 1.807) is 0 Å². The molecule has 1 fully saturated rings. The largest absolute Gasteiger partial charge is 0.462 e. The van der Waals surface area contributed by atoms with Gasteiger partial charge in [-0.15, -0.1) is 0 Å². The van der Waals surface area contributed by atoms with Crippen LogP contribution in [0, 0.1) is 0 Å². The average Bonchev–Trinajstić information content (AvgIpc) is 3.18. The zero-order valence-electron chi connectivity index (χ0n) is 35.5. The molecule has 4 N–H and O–H groups in total. The summed E-state index contributed by atoms with van der Waals surface area (Å²) in [7, 11) is 0. The van der Waals surface area contributed by atoms with Crippen LogP contribution < -0.4 is 0 Å². The first-order valence-corrected chi connectivity index (χ1v) is 23.1. The Balaban J connectivity index is 2.25. The highest BCUT2D eigenvalue weighted by molar-refractivity contribution is 5.70. The van der Waals surface area contributed by atoms with Crippen molar-refractivity contribution < 1.29 is 49.0 Å². The summed E-state index contributed by atoms with van der Waals surface area (Å²) in [5, 5.41) is 40.0. The van der Waals surface area contributed by atoms with Crippen molar-refractivity contribution in [3.63, 3.8) is 0 Å². The van der Waals surface area contributed by atoms with E-state index in [2.05, 4.69) is 13.8 Å². The first-order valence-electron chi connectivity index (χ1n) is 23.1. The molecule has 326 valence electrons. The van der Waals surface area contributed by atoms with Gasteiger partial charge in [0.1, 0.15) is 31.0 Å². The predicted molar refractivity (Wildman–Crippen MR) is 220 cm³/mol. The van der Waals surface area contributed by atoms with Gasteiger partial charge in [0, 0.05) is 12.8 Å². The van der Waals surface area contributed by atoms with Gasteiger partial charge in [-0.1, -0.05) is 194 Å². The quantitative estimate of drug-likeness (QED) is 0.0350. The Kier molecular flexibility index (Phi) is 34.8. The highest BCUT2D eigenvalue weighted by Crippen LogP contribution is 2.23. The molecule has 1 saturated heterocycles. The molecule has 0 aromatic heterocycles. The van der Waals surface area contributed by atoms with Gasteiger partial charge in [0.25, 0.3) is 0 Å². The third kappa shape index (κ3) is 28.7. The van der Waals surface area contributed by atoms with Gasteiger partial charge in [-0.25, -0.2) is 0 Å². The average molecular weight is 787 g/mol. The van der Waals surface area contributed by atoms with Crippen molar-refractivity contribution >= 4 is 11.9 Å². The molecular formula is C45H86O10. The number of esters is 2. The number of unbranched alkanes of at least 4 members (excludes halogenated alkanes) is 28. The van der Waals surface area contributed by atoms with Crippen molar-refractivity contribution in [1.29, 1.82) is 0 Å². The van der Waals surface area contributed by atoms with Crippen molar-refractivity contribution in [2.45, 2.75) is 256 Å². The Labute approximate surface area is 336 Å². The van der Waals surface area contributed by atoms with E-state index in [-0.39, 0.29) is 32.0 Å². The standard InChI is InChI=1S/C45H86O10/c1-3-5-7-9-11-13-15-16-17-18-19-20-21-22-23-24-26-28-30-32-34-41(48)54-38(37-53-45-44(51)43(50)42(49)39(35-46)55-45)36-52-40(47)33-31-29-27-25-14-12-10-8-6-4-2/h38-39,42-46,49-51H,3-37H2,1-2H3. The van der Waals surface area contributed by atoms with E-state index in [1.807, 2.05) is 0 Å². The summed E-state index contributed by atoms with van der Waals surface area (Å²) in [6.45, 7) is 3.44. The third-order valence-corrected chi connectivity index (χ3v) is 11.0. The molecule has 10 heteroatoms. The maximum Gasteiger partial charge on any atom is 0.306 e. The lowest BCUT2D eigenvalue weighted by atomic mass is 9.99. The maximum atomic E-state index is 12.8. The van der Waals surface area contributed by atoms with Crippen LogP contribution in [0.5, 0.6) is 0 Å². The second-order valence-corrected chi connectivity index (χ2v) is 16.2. The molecule has 6 atom stereocenters. The summed E-state index contributed by atoms with van der Waals surface area (Å²) in [6, 6.07) is 0. The van der Waals surface area contributed by atoms with Gasteiger partial charge in [-0.3, -0.25) is 9.59 Å². The molecule has 0 aromatic rings. The molecule has 0 aromatic carbocycles. The molecule has 1 heterocycles. The number of hydrogen-bond donors (Lipinski definition) is 4. The number of aliphatic hydroxyl groups excluding tert-OH is 4. The summed E-state index contributed by atoms with van der Waals surface area (Å²) in [5.74, 6) is -0.793. The van der Waals surface area contributed by atoms with Gasteiger partial charge in [0.15, 0.2) is 12.4 Å². The molecule has 0 spiro atoms. The van der Waals surface area contributed by atoms with Crippen molar-refractivity contribution in [3.8, 4) is 0 Å². The van der Waals surface area contributed by atoms with Crippen molar-refractivity contribution in [1.82, 2.24) is 0 Å². The molecular weight excluding hydrogens is 700 g/mol. The minimum atomic E-state index is -1.59. The summed E-state index contributed by atoms with van der Waals surface area (Å²) in [4.78, 5) is 25.3. The smallest absolute Gasteiger partial charge is 0.306 e. The molecule has 0 radical (unpaired) electrons. The Morgan fingerprint density at radius 3 is 1.24 bits per heavy atom. The van der Waals surface area contributed by atoms with E-state index in [9.17, 15) is 30.0 Å². The van der Waals surface area contributed by atoms with Crippen LogP contribution in [0.1, 0.15) is 219 Å². The Morgan fingerprint density at radius 2 is 0.855 bits per heavy atom. The number of carbonyl (C=O) groups excluding carboxylic acids is 2. The van der Waals surface area contributed by atoms with Crippen LogP contribution in [-0.4, -0.2) is 89.0 Å². The molecule has 0 amide bonds. The molecule has 10 nitrogen and oxygen atoms in total.